The Balaban J connectivity index is 2.12. The minimum atomic E-state index is -0.134. The van der Waals surface area contributed by atoms with Crippen molar-refractivity contribution in [2.45, 2.75) is 63.4 Å². The van der Waals surface area contributed by atoms with E-state index < -0.39 is 0 Å². The van der Waals surface area contributed by atoms with E-state index in [1.807, 2.05) is 11.8 Å². The summed E-state index contributed by atoms with van der Waals surface area (Å²) < 4.78 is 0. The van der Waals surface area contributed by atoms with Crippen LogP contribution in [0.5, 0.6) is 5.75 Å². The van der Waals surface area contributed by atoms with E-state index >= 15 is 0 Å². The Morgan fingerprint density at radius 2 is 1.17 bits per heavy atom. The average molecular weight is 419 g/mol. The van der Waals surface area contributed by atoms with Crippen molar-refractivity contribution in [2.75, 3.05) is 0 Å². The fraction of sp³-hybridized carbons (Fsp3) is 0.357. The molecule has 3 aromatic carbocycles. The molecule has 0 radical (unpaired) electrons. The molecule has 0 saturated heterocycles. The Kier molecular flexibility index (Phi) is 6.67. The first-order valence-electron chi connectivity index (χ1n) is 10.7. The van der Waals surface area contributed by atoms with Crippen molar-refractivity contribution in [1.29, 1.82) is 0 Å². The molecular weight excluding hydrogens is 384 g/mol. The van der Waals surface area contributed by atoms with Crippen molar-refractivity contribution in [3.8, 4) is 5.75 Å². The lowest BCUT2D eigenvalue weighted by Crippen LogP contribution is -2.18. The maximum atomic E-state index is 11.1. The van der Waals surface area contributed by atoms with Gasteiger partial charge in [-0.05, 0) is 38.6 Å². The standard InChI is InChI=1S/C28H34OS/c1-27(2,3)23-17-22(18-24(25(23)29)28(4,5)6)26(21-15-11-8-12-16-21)30-19-20-13-9-7-10-14-20/h7-18,26,29H,19H2,1-6H3. The maximum absolute atomic E-state index is 11.1. The van der Waals surface area contributed by atoms with Gasteiger partial charge in [-0.3, -0.25) is 0 Å². The minimum absolute atomic E-state index is 0.134. The number of thioether (sulfide) groups is 1. The van der Waals surface area contributed by atoms with E-state index in [1.54, 1.807) is 0 Å². The molecule has 0 aliphatic rings. The van der Waals surface area contributed by atoms with Crippen LogP contribution in [0.3, 0.4) is 0 Å². The molecule has 0 amide bonds. The third-order valence-electron chi connectivity index (χ3n) is 5.41. The third-order valence-corrected chi connectivity index (χ3v) is 6.79. The summed E-state index contributed by atoms with van der Waals surface area (Å²) in [6, 6.07) is 25.8. The van der Waals surface area contributed by atoms with E-state index in [1.165, 1.54) is 16.7 Å². The van der Waals surface area contributed by atoms with Crippen molar-refractivity contribution in [3.63, 3.8) is 0 Å². The Bertz CT molecular complexity index is 928. The summed E-state index contributed by atoms with van der Waals surface area (Å²) in [5.74, 6) is 1.38. The summed E-state index contributed by atoms with van der Waals surface area (Å²) in [7, 11) is 0. The van der Waals surface area contributed by atoms with Crippen LogP contribution >= 0.6 is 11.8 Å². The number of phenols is 1. The van der Waals surface area contributed by atoms with Gasteiger partial charge in [0.2, 0.25) is 0 Å². The first kappa shape index (κ1) is 22.5. The molecule has 158 valence electrons. The number of hydrogen-bond acceptors (Lipinski definition) is 2. The number of phenolic OH excluding ortho intramolecular Hbond substituents is 1. The second-order valence-electron chi connectivity index (χ2n) is 10.1. The fourth-order valence-electron chi connectivity index (χ4n) is 3.72. The minimum Gasteiger partial charge on any atom is -0.507 e. The average Bonchev–Trinajstić information content (AvgIpc) is 2.69. The second kappa shape index (κ2) is 8.89. The van der Waals surface area contributed by atoms with Crippen LogP contribution in [0.1, 0.15) is 74.6 Å². The summed E-state index contributed by atoms with van der Waals surface area (Å²) in [4.78, 5) is 0. The molecule has 0 heterocycles. The number of aromatic hydroxyl groups is 1. The lowest BCUT2D eigenvalue weighted by Gasteiger charge is -2.30. The van der Waals surface area contributed by atoms with Crippen LogP contribution in [0, 0.1) is 0 Å². The first-order chi connectivity index (χ1) is 14.1. The van der Waals surface area contributed by atoms with E-state index in [2.05, 4.69) is 114 Å². The topological polar surface area (TPSA) is 20.2 Å². The molecule has 1 unspecified atom stereocenters. The normalized spacial score (nSPS) is 13.3. The lowest BCUT2D eigenvalue weighted by molar-refractivity contribution is 0.423. The largest absolute Gasteiger partial charge is 0.507 e. The van der Waals surface area contributed by atoms with Gasteiger partial charge >= 0.3 is 0 Å². The van der Waals surface area contributed by atoms with Gasteiger partial charge < -0.3 is 5.11 Å². The van der Waals surface area contributed by atoms with E-state index in [0.29, 0.717) is 5.75 Å². The Labute approximate surface area is 186 Å². The van der Waals surface area contributed by atoms with Gasteiger partial charge in [-0.1, -0.05) is 114 Å². The number of benzene rings is 3. The van der Waals surface area contributed by atoms with Crippen LogP contribution in [0.15, 0.2) is 72.8 Å². The van der Waals surface area contributed by atoms with Gasteiger partial charge in [0.25, 0.3) is 0 Å². The van der Waals surface area contributed by atoms with Crippen molar-refractivity contribution in [3.05, 3.63) is 101 Å². The zero-order valence-corrected chi connectivity index (χ0v) is 19.9. The highest BCUT2D eigenvalue weighted by molar-refractivity contribution is 7.98. The fourth-order valence-corrected chi connectivity index (χ4v) is 4.95. The van der Waals surface area contributed by atoms with Gasteiger partial charge in [0, 0.05) is 5.75 Å². The Morgan fingerprint density at radius 1 is 0.700 bits per heavy atom. The van der Waals surface area contributed by atoms with Crippen LogP contribution < -0.4 is 0 Å². The van der Waals surface area contributed by atoms with Gasteiger partial charge in [0.15, 0.2) is 0 Å². The summed E-state index contributed by atoms with van der Waals surface area (Å²) in [5.41, 5.74) is 5.65. The summed E-state index contributed by atoms with van der Waals surface area (Å²) in [6.45, 7) is 13.0. The van der Waals surface area contributed by atoms with Crippen LogP contribution in [0.25, 0.3) is 0 Å². The maximum Gasteiger partial charge on any atom is 0.123 e. The highest BCUT2D eigenvalue weighted by Gasteiger charge is 2.28. The zero-order chi connectivity index (χ0) is 21.9. The van der Waals surface area contributed by atoms with Crippen LogP contribution in [0.4, 0.5) is 0 Å². The smallest absolute Gasteiger partial charge is 0.123 e. The van der Waals surface area contributed by atoms with E-state index in [9.17, 15) is 5.11 Å². The molecule has 0 fully saturated rings. The van der Waals surface area contributed by atoms with Crippen molar-refractivity contribution in [1.82, 2.24) is 0 Å². The zero-order valence-electron chi connectivity index (χ0n) is 19.1. The molecule has 3 rings (SSSR count). The predicted molar refractivity (Wildman–Crippen MR) is 132 cm³/mol. The second-order valence-corrected chi connectivity index (χ2v) is 11.1. The van der Waals surface area contributed by atoms with Gasteiger partial charge in [-0.15, -0.1) is 11.8 Å². The molecule has 0 bridgehead atoms. The van der Waals surface area contributed by atoms with Crippen molar-refractivity contribution < 1.29 is 5.11 Å². The molecule has 0 aromatic heterocycles. The van der Waals surface area contributed by atoms with Gasteiger partial charge in [-0.25, -0.2) is 0 Å². The number of hydrogen-bond donors (Lipinski definition) is 1. The molecule has 0 aliphatic heterocycles. The molecule has 3 aromatic rings. The molecular formula is C28H34OS. The quantitative estimate of drug-likeness (QED) is 0.453. The molecule has 2 heteroatoms. The first-order valence-corrected chi connectivity index (χ1v) is 11.7. The monoisotopic (exact) mass is 418 g/mol. The summed E-state index contributed by atoms with van der Waals surface area (Å²) in [6.07, 6.45) is 0. The molecule has 0 spiro atoms. The molecule has 0 aliphatic carbocycles. The lowest BCUT2D eigenvalue weighted by atomic mass is 9.78. The molecule has 30 heavy (non-hydrogen) atoms. The van der Waals surface area contributed by atoms with Crippen LogP contribution in [-0.4, -0.2) is 5.11 Å². The molecule has 1 N–H and O–H groups in total. The Hall–Kier alpha value is -2.19. The van der Waals surface area contributed by atoms with Crippen LogP contribution in [0.2, 0.25) is 0 Å². The number of rotatable bonds is 5. The predicted octanol–water partition coefficient (Wildman–Crippen LogP) is 8.01. The van der Waals surface area contributed by atoms with Crippen molar-refractivity contribution in [2.24, 2.45) is 0 Å². The SMILES string of the molecule is CC(C)(C)c1cc(C(SCc2ccccc2)c2ccccc2)cc(C(C)(C)C)c1O. The van der Waals surface area contributed by atoms with E-state index in [0.717, 1.165) is 16.9 Å². The highest BCUT2D eigenvalue weighted by Crippen LogP contribution is 2.45. The van der Waals surface area contributed by atoms with E-state index in [-0.39, 0.29) is 16.1 Å². The Morgan fingerprint density at radius 3 is 1.63 bits per heavy atom. The molecule has 1 nitrogen and oxygen atoms in total. The van der Waals surface area contributed by atoms with E-state index in [4.69, 9.17) is 0 Å². The third kappa shape index (κ3) is 5.29. The van der Waals surface area contributed by atoms with Gasteiger partial charge in [0.1, 0.15) is 5.75 Å². The van der Waals surface area contributed by atoms with Gasteiger partial charge in [-0.2, -0.15) is 0 Å². The highest BCUT2D eigenvalue weighted by atomic mass is 32.2. The van der Waals surface area contributed by atoms with Crippen LogP contribution in [-0.2, 0) is 16.6 Å². The van der Waals surface area contributed by atoms with Crippen molar-refractivity contribution >= 4 is 11.8 Å². The van der Waals surface area contributed by atoms with Gasteiger partial charge in [0.05, 0.1) is 5.25 Å². The summed E-state index contributed by atoms with van der Waals surface area (Å²) in [5, 5.41) is 11.3. The summed E-state index contributed by atoms with van der Waals surface area (Å²) >= 11 is 1.94. The molecule has 0 saturated carbocycles. The molecule has 1 atom stereocenters.